The SMILES string of the molecule is C[C@H](O)CN1CCN(C(=O)OCC2c3ccccc3-c3ccccc32)CC1. The second-order valence-electron chi connectivity index (χ2n) is 7.44. The zero-order valence-electron chi connectivity index (χ0n) is 15.7. The molecule has 2 aromatic carbocycles. The van der Waals surface area contributed by atoms with Crippen molar-refractivity contribution in [1.29, 1.82) is 0 Å². The van der Waals surface area contributed by atoms with E-state index >= 15 is 0 Å². The molecule has 1 aliphatic carbocycles. The minimum absolute atomic E-state index is 0.0953. The Kier molecular flexibility index (Phi) is 5.14. The van der Waals surface area contributed by atoms with Gasteiger partial charge in [0.05, 0.1) is 6.10 Å². The molecule has 0 radical (unpaired) electrons. The molecule has 1 amide bonds. The largest absolute Gasteiger partial charge is 0.448 e. The van der Waals surface area contributed by atoms with Crippen LogP contribution in [0.1, 0.15) is 24.0 Å². The quantitative estimate of drug-likeness (QED) is 0.904. The van der Waals surface area contributed by atoms with E-state index in [0.717, 1.165) is 13.1 Å². The van der Waals surface area contributed by atoms with Gasteiger partial charge in [0.25, 0.3) is 0 Å². The van der Waals surface area contributed by atoms with E-state index in [1.54, 1.807) is 11.8 Å². The van der Waals surface area contributed by atoms with Crippen molar-refractivity contribution >= 4 is 6.09 Å². The van der Waals surface area contributed by atoms with Gasteiger partial charge in [0.15, 0.2) is 0 Å². The fourth-order valence-electron chi connectivity index (χ4n) is 4.17. The van der Waals surface area contributed by atoms with Crippen LogP contribution in [0.3, 0.4) is 0 Å². The fraction of sp³-hybridized carbons (Fsp3) is 0.409. The normalized spacial score (nSPS) is 18.1. The highest BCUT2D eigenvalue weighted by molar-refractivity contribution is 5.79. The van der Waals surface area contributed by atoms with Crippen LogP contribution < -0.4 is 0 Å². The van der Waals surface area contributed by atoms with Gasteiger partial charge in [-0.1, -0.05) is 48.5 Å². The topological polar surface area (TPSA) is 53.0 Å². The van der Waals surface area contributed by atoms with Crippen molar-refractivity contribution in [3.8, 4) is 11.1 Å². The zero-order valence-corrected chi connectivity index (χ0v) is 15.7. The molecule has 0 unspecified atom stereocenters. The van der Waals surface area contributed by atoms with Crippen LogP contribution in [0, 0.1) is 0 Å². The lowest BCUT2D eigenvalue weighted by Crippen LogP contribution is -2.50. The maximum absolute atomic E-state index is 12.5. The highest BCUT2D eigenvalue weighted by Crippen LogP contribution is 2.44. The van der Waals surface area contributed by atoms with Gasteiger partial charge in [-0.25, -0.2) is 4.79 Å². The second-order valence-corrected chi connectivity index (χ2v) is 7.44. The van der Waals surface area contributed by atoms with Gasteiger partial charge in [0, 0.05) is 38.6 Å². The van der Waals surface area contributed by atoms with E-state index < -0.39 is 0 Å². The maximum Gasteiger partial charge on any atom is 0.409 e. The van der Waals surface area contributed by atoms with Crippen molar-refractivity contribution in [3.63, 3.8) is 0 Å². The number of aliphatic hydroxyl groups is 1. The Morgan fingerprint density at radius 2 is 1.59 bits per heavy atom. The van der Waals surface area contributed by atoms with Gasteiger partial charge in [-0.3, -0.25) is 4.90 Å². The van der Waals surface area contributed by atoms with Gasteiger partial charge in [-0.05, 0) is 29.2 Å². The molecular weight excluding hydrogens is 340 g/mol. The van der Waals surface area contributed by atoms with Crippen molar-refractivity contribution in [2.24, 2.45) is 0 Å². The molecule has 1 N–H and O–H groups in total. The smallest absolute Gasteiger partial charge is 0.409 e. The van der Waals surface area contributed by atoms with Crippen molar-refractivity contribution in [2.45, 2.75) is 18.9 Å². The summed E-state index contributed by atoms with van der Waals surface area (Å²) in [6, 6.07) is 16.7. The molecule has 1 saturated heterocycles. The molecule has 27 heavy (non-hydrogen) atoms. The summed E-state index contributed by atoms with van der Waals surface area (Å²) in [5.74, 6) is 0.0953. The molecule has 0 bridgehead atoms. The lowest BCUT2D eigenvalue weighted by atomic mass is 9.98. The first-order valence-corrected chi connectivity index (χ1v) is 9.64. The Morgan fingerprint density at radius 3 is 2.15 bits per heavy atom. The van der Waals surface area contributed by atoms with Gasteiger partial charge in [0.1, 0.15) is 6.61 Å². The van der Waals surface area contributed by atoms with Crippen molar-refractivity contribution in [1.82, 2.24) is 9.80 Å². The summed E-state index contributed by atoms with van der Waals surface area (Å²) in [4.78, 5) is 16.5. The molecule has 0 spiro atoms. The highest BCUT2D eigenvalue weighted by Gasteiger charge is 2.30. The number of aliphatic hydroxyl groups excluding tert-OH is 1. The minimum atomic E-state index is -0.342. The maximum atomic E-state index is 12.5. The fourth-order valence-corrected chi connectivity index (χ4v) is 4.17. The van der Waals surface area contributed by atoms with Crippen LogP contribution >= 0.6 is 0 Å². The van der Waals surface area contributed by atoms with E-state index in [1.165, 1.54) is 22.3 Å². The predicted molar refractivity (Wildman–Crippen MR) is 105 cm³/mol. The molecule has 1 heterocycles. The summed E-state index contributed by atoms with van der Waals surface area (Å²) in [7, 11) is 0. The number of benzene rings is 2. The molecular formula is C22H26N2O3. The number of carbonyl (C=O) groups is 1. The average Bonchev–Trinajstić information content (AvgIpc) is 3.00. The van der Waals surface area contributed by atoms with Gasteiger partial charge in [-0.2, -0.15) is 0 Å². The van der Waals surface area contributed by atoms with Crippen LogP contribution in [0.2, 0.25) is 0 Å². The van der Waals surface area contributed by atoms with Crippen LogP contribution in [0.15, 0.2) is 48.5 Å². The Labute approximate surface area is 160 Å². The molecule has 0 saturated carbocycles. The molecule has 1 atom stereocenters. The molecule has 5 nitrogen and oxygen atoms in total. The van der Waals surface area contributed by atoms with Crippen molar-refractivity contribution in [2.75, 3.05) is 39.3 Å². The van der Waals surface area contributed by atoms with Gasteiger partial charge in [-0.15, -0.1) is 0 Å². The number of nitrogens with zero attached hydrogens (tertiary/aromatic N) is 2. The standard InChI is InChI=1S/C22H26N2O3/c1-16(25)14-23-10-12-24(13-11-23)22(26)27-15-21-19-8-4-2-6-17(19)18-7-3-5-9-20(18)21/h2-9,16,21,25H,10-15H2,1H3/t16-/m0/s1. The number of carbonyl (C=O) groups excluding carboxylic acids is 1. The van der Waals surface area contributed by atoms with Gasteiger partial charge < -0.3 is 14.7 Å². The summed E-state index contributed by atoms with van der Waals surface area (Å²) < 4.78 is 5.71. The number of amides is 1. The number of rotatable bonds is 4. The third-order valence-electron chi connectivity index (χ3n) is 5.49. The number of ether oxygens (including phenoxy) is 1. The third-order valence-corrected chi connectivity index (χ3v) is 5.49. The lowest BCUT2D eigenvalue weighted by molar-refractivity contribution is 0.0591. The number of piperazine rings is 1. The summed E-state index contributed by atoms with van der Waals surface area (Å²) in [6.45, 7) is 5.63. The van der Waals surface area contributed by atoms with E-state index in [2.05, 4.69) is 41.3 Å². The zero-order chi connectivity index (χ0) is 18.8. The van der Waals surface area contributed by atoms with E-state index in [4.69, 9.17) is 4.74 Å². The number of hydrogen-bond acceptors (Lipinski definition) is 4. The Balaban J connectivity index is 1.39. The molecule has 1 fully saturated rings. The Bertz CT molecular complexity index is 767. The average molecular weight is 366 g/mol. The summed E-state index contributed by atoms with van der Waals surface area (Å²) >= 11 is 0. The van der Waals surface area contributed by atoms with Crippen LogP contribution in [0.25, 0.3) is 11.1 Å². The molecule has 142 valence electrons. The predicted octanol–water partition coefficient (Wildman–Crippen LogP) is 2.93. The summed E-state index contributed by atoms with van der Waals surface area (Å²) in [5, 5.41) is 9.50. The third kappa shape index (κ3) is 3.70. The van der Waals surface area contributed by atoms with Crippen LogP contribution in [0.4, 0.5) is 4.79 Å². The molecule has 2 aliphatic rings. The van der Waals surface area contributed by atoms with Gasteiger partial charge in [0.2, 0.25) is 0 Å². The van der Waals surface area contributed by atoms with Crippen molar-refractivity contribution < 1.29 is 14.6 Å². The van der Waals surface area contributed by atoms with Crippen LogP contribution in [0.5, 0.6) is 0 Å². The molecule has 1 aliphatic heterocycles. The number of hydrogen-bond donors (Lipinski definition) is 1. The van der Waals surface area contributed by atoms with Crippen molar-refractivity contribution in [3.05, 3.63) is 59.7 Å². The first kappa shape index (κ1) is 18.0. The van der Waals surface area contributed by atoms with E-state index in [-0.39, 0.29) is 18.1 Å². The first-order valence-electron chi connectivity index (χ1n) is 9.64. The minimum Gasteiger partial charge on any atom is -0.448 e. The molecule has 2 aromatic rings. The first-order chi connectivity index (χ1) is 13.1. The second kappa shape index (κ2) is 7.71. The monoisotopic (exact) mass is 366 g/mol. The molecule has 5 heteroatoms. The lowest BCUT2D eigenvalue weighted by Gasteiger charge is -2.34. The number of β-amino-alcohol motifs (C(OH)–C–C–N with tert-alkyl or cyclic N) is 1. The molecule has 4 rings (SSSR count). The van der Waals surface area contributed by atoms with Gasteiger partial charge >= 0.3 is 6.09 Å². The molecule has 0 aromatic heterocycles. The highest BCUT2D eigenvalue weighted by atomic mass is 16.6. The summed E-state index contributed by atoms with van der Waals surface area (Å²) in [6.07, 6.45) is -0.584. The van der Waals surface area contributed by atoms with E-state index in [1.807, 2.05) is 12.1 Å². The summed E-state index contributed by atoms with van der Waals surface area (Å²) in [5.41, 5.74) is 4.93. The van der Waals surface area contributed by atoms with E-state index in [9.17, 15) is 9.90 Å². The van der Waals surface area contributed by atoms with Crippen LogP contribution in [-0.4, -0.2) is 66.4 Å². The van der Waals surface area contributed by atoms with Crippen LogP contribution in [-0.2, 0) is 4.74 Å². The Hall–Kier alpha value is -2.37. The Morgan fingerprint density at radius 1 is 1.04 bits per heavy atom. The van der Waals surface area contributed by atoms with E-state index in [0.29, 0.717) is 26.2 Å². The number of fused-ring (bicyclic) bond motifs is 3.